The number of aromatic nitrogens is 2. The van der Waals surface area contributed by atoms with Crippen molar-refractivity contribution in [1.82, 2.24) is 15.5 Å². The van der Waals surface area contributed by atoms with Crippen LogP contribution in [0.5, 0.6) is 5.75 Å². The number of methoxy groups -OCH3 is 1. The molecule has 0 spiro atoms. The molecule has 1 aromatic carbocycles. The molecule has 3 N–H and O–H groups in total. The van der Waals surface area contributed by atoms with Crippen LogP contribution in [0.3, 0.4) is 0 Å². The van der Waals surface area contributed by atoms with Crippen molar-refractivity contribution in [2.24, 2.45) is 0 Å². The predicted molar refractivity (Wildman–Crippen MR) is 85.8 cm³/mol. The van der Waals surface area contributed by atoms with Crippen LogP contribution in [0, 0.1) is 0 Å². The number of hydrogen-bond acceptors (Lipinski definition) is 5. The largest absolute Gasteiger partial charge is 0.491 e. The minimum atomic E-state index is -0.209. The van der Waals surface area contributed by atoms with Crippen molar-refractivity contribution in [3.05, 3.63) is 41.2 Å². The highest BCUT2D eigenvalue weighted by Crippen LogP contribution is 2.19. The van der Waals surface area contributed by atoms with Gasteiger partial charge in [-0.15, -0.1) is 0 Å². The molecule has 2 aromatic rings. The Bertz CT molecular complexity index is 666. The zero-order valence-corrected chi connectivity index (χ0v) is 13.0. The third-order valence-corrected chi connectivity index (χ3v) is 3.69. The lowest BCUT2D eigenvalue weighted by molar-refractivity contribution is 0.102. The summed E-state index contributed by atoms with van der Waals surface area (Å²) in [7, 11) is 1.63. The molecule has 1 aliphatic heterocycles. The number of hydrogen-bond donors (Lipinski definition) is 3. The first-order valence-electron chi connectivity index (χ1n) is 7.58. The number of anilines is 1. The van der Waals surface area contributed by atoms with Crippen molar-refractivity contribution in [3.8, 4) is 5.75 Å². The van der Waals surface area contributed by atoms with Gasteiger partial charge in [0.15, 0.2) is 5.69 Å². The van der Waals surface area contributed by atoms with E-state index in [1.54, 1.807) is 19.2 Å². The zero-order chi connectivity index (χ0) is 16.1. The fourth-order valence-corrected chi connectivity index (χ4v) is 2.48. The second-order valence-electron chi connectivity index (χ2n) is 5.28. The Kier molecular flexibility index (Phi) is 4.89. The number of benzene rings is 1. The third kappa shape index (κ3) is 3.69. The summed E-state index contributed by atoms with van der Waals surface area (Å²) in [4.78, 5) is 12.4. The van der Waals surface area contributed by atoms with Gasteiger partial charge in [-0.3, -0.25) is 9.89 Å². The number of fused-ring (bicyclic) bond motifs is 1. The molecule has 0 bridgehead atoms. The Morgan fingerprint density at radius 2 is 2.13 bits per heavy atom. The summed E-state index contributed by atoms with van der Waals surface area (Å²) in [6.45, 7) is 2.60. The number of rotatable bonds is 6. The van der Waals surface area contributed by atoms with Crippen LogP contribution in [0.4, 0.5) is 5.69 Å². The van der Waals surface area contributed by atoms with E-state index in [2.05, 4.69) is 20.8 Å². The lowest BCUT2D eigenvalue weighted by atomic mass is 10.1. The third-order valence-electron chi connectivity index (χ3n) is 3.69. The van der Waals surface area contributed by atoms with Crippen molar-refractivity contribution >= 4 is 11.6 Å². The van der Waals surface area contributed by atoms with E-state index in [-0.39, 0.29) is 5.91 Å². The van der Waals surface area contributed by atoms with E-state index in [0.29, 0.717) is 31.1 Å². The summed E-state index contributed by atoms with van der Waals surface area (Å²) < 4.78 is 10.4. The van der Waals surface area contributed by atoms with Gasteiger partial charge in [0.1, 0.15) is 12.4 Å². The molecule has 0 atom stereocenters. The summed E-state index contributed by atoms with van der Waals surface area (Å²) >= 11 is 0. The first kappa shape index (κ1) is 15.5. The quantitative estimate of drug-likeness (QED) is 0.700. The van der Waals surface area contributed by atoms with Gasteiger partial charge in [-0.05, 0) is 24.3 Å². The van der Waals surface area contributed by atoms with Gasteiger partial charge in [0, 0.05) is 43.6 Å². The summed E-state index contributed by atoms with van der Waals surface area (Å²) in [5.74, 6) is 0.528. The van der Waals surface area contributed by atoms with Crippen LogP contribution >= 0.6 is 0 Å². The molecule has 0 aliphatic carbocycles. The van der Waals surface area contributed by atoms with Gasteiger partial charge in [0.05, 0.1) is 6.61 Å². The molecule has 2 heterocycles. The molecule has 0 saturated carbocycles. The normalized spacial score (nSPS) is 13.4. The van der Waals surface area contributed by atoms with E-state index in [0.717, 1.165) is 30.0 Å². The molecule has 0 saturated heterocycles. The van der Waals surface area contributed by atoms with Crippen molar-refractivity contribution in [2.45, 2.75) is 13.0 Å². The number of nitrogens with one attached hydrogen (secondary N) is 3. The number of amides is 1. The molecule has 7 nitrogen and oxygen atoms in total. The van der Waals surface area contributed by atoms with E-state index in [9.17, 15) is 4.79 Å². The van der Waals surface area contributed by atoms with Gasteiger partial charge in [0.25, 0.3) is 5.91 Å². The van der Waals surface area contributed by atoms with Gasteiger partial charge in [-0.2, -0.15) is 5.10 Å². The first-order chi connectivity index (χ1) is 11.3. The number of carbonyl (C=O) groups excluding carboxylic acids is 1. The van der Waals surface area contributed by atoms with Gasteiger partial charge < -0.3 is 20.1 Å². The smallest absolute Gasteiger partial charge is 0.276 e. The Hall–Kier alpha value is -2.38. The van der Waals surface area contributed by atoms with E-state index in [4.69, 9.17) is 9.47 Å². The minimum absolute atomic E-state index is 0.209. The predicted octanol–water partition coefficient (Wildman–Crippen LogP) is 1.33. The second kappa shape index (κ2) is 7.26. The lowest BCUT2D eigenvalue weighted by Gasteiger charge is -2.13. The zero-order valence-electron chi connectivity index (χ0n) is 13.0. The molecular formula is C16H20N4O3. The standard InChI is InChI=1S/C16H20N4O3/c1-22-8-9-23-12-4-2-11(3-5-12)18-16(21)15-13-10-17-7-6-14(13)19-20-15/h2-5,17H,6-10H2,1H3,(H,18,21)(H,19,20). The van der Waals surface area contributed by atoms with Gasteiger partial charge in [-0.25, -0.2) is 0 Å². The highest BCUT2D eigenvalue weighted by atomic mass is 16.5. The summed E-state index contributed by atoms with van der Waals surface area (Å²) in [5.41, 5.74) is 3.14. The average molecular weight is 316 g/mol. The summed E-state index contributed by atoms with van der Waals surface area (Å²) in [6, 6.07) is 7.23. The molecule has 0 fully saturated rings. The maximum Gasteiger partial charge on any atom is 0.276 e. The van der Waals surface area contributed by atoms with Crippen LogP contribution in [0.1, 0.15) is 21.7 Å². The SMILES string of the molecule is COCCOc1ccc(NC(=O)c2n[nH]c3c2CNCC3)cc1. The molecule has 0 radical (unpaired) electrons. The molecule has 7 heteroatoms. The molecule has 122 valence electrons. The fourth-order valence-electron chi connectivity index (χ4n) is 2.48. The number of ether oxygens (including phenoxy) is 2. The first-order valence-corrected chi connectivity index (χ1v) is 7.58. The lowest BCUT2D eigenvalue weighted by Crippen LogP contribution is -2.25. The van der Waals surface area contributed by atoms with Crippen LogP contribution in [-0.4, -0.2) is 43.0 Å². The number of carbonyl (C=O) groups is 1. The number of aromatic amines is 1. The second-order valence-corrected chi connectivity index (χ2v) is 5.28. The maximum atomic E-state index is 12.4. The van der Waals surface area contributed by atoms with Gasteiger partial charge in [-0.1, -0.05) is 0 Å². The van der Waals surface area contributed by atoms with Crippen LogP contribution in [-0.2, 0) is 17.7 Å². The maximum absolute atomic E-state index is 12.4. The van der Waals surface area contributed by atoms with Crippen molar-refractivity contribution in [2.75, 3.05) is 32.2 Å². The van der Waals surface area contributed by atoms with Crippen molar-refractivity contribution < 1.29 is 14.3 Å². The Labute approximate surface area is 134 Å². The average Bonchev–Trinajstić information content (AvgIpc) is 3.01. The van der Waals surface area contributed by atoms with Crippen molar-refractivity contribution in [1.29, 1.82) is 0 Å². The topological polar surface area (TPSA) is 88.3 Å². The Morgan fingerprint density at radius 1 is 1.30 bits per heavy atom. The molecule has 23 heavy (non-hydrogen) atoms. The molecule has 0 unspecified atom stereocenters. The monoisotopic (exact) mass is 316 g/mol. The molecular weight excluding hydrogens is 296 g/mol. The van der Waals surface area contributed by atoms with E-state index in [1.165, 1.54) is 0 Å². The Balaban J connectivity index is 1.62. The molecule has 1 aliphatic rings. The van der Waals surface area contributed by atoms with Crippen LogP contribution in [0.2, 0.25) is 0 Å². The highest BCUT2D eigenvalue weighted by Gasteiger charge is 2.21. The van der Waals surface area contributed by atoms with E-state index >= 15 is 0 Å². The molecule has 1 amide bonds. The van der Waals surface area contributed by atoms with Crippen molar-refractivity contribution in [3.63, 3.8) is 0 Å². The number of H-pyrrole nitrogens is 1. The fraction of sp³-hybridized carbons (Fsp3) is 0.375. The minimum Gasteiger partial charge on any atom is -0.491 e. The van der Waals surface area contributed by atoms with Crippen LogP contribution < -0.4 is 15.4 Å². The van der Waals surface area contributed by atoms with E-state index < -0.39 is 0 Å². The molecule has 3 rings (SSSR count). The summed E-state index contributed by atoms with van der Waals surface area (Å²) in [6.07, 6.45) is 0.864. The van der Waals surface area contributed by atoms with E-state index in [1.807, 2.05) is 12.1 Å². The van der Waals surface area contributed by atoms with Crippen LogP contribution in [0.15, 0.2) is 24.3 Å². The summed E-state index contributed by atoms with van der Waals surface area (Å²) in [5, 5.41) is 13.2. The number of nitrogens with zero attached hydrogens (tertiary/aromatic N) is 1. The van der Waals surface area contributed by atoms with Crippen LogP contribution in [0.25, 0.3) is 0 Å². The van der Waals surface area contributed by atoms with Gasteiger partial charge in [0.2, 0.25) is 0 Å². The van der Waals surface area contributed by atoms with Gasteiger partial charge >= 0.3 is 0 Å². The Morgan fingerprint density at radius 3 is 2.91 bits per heavy atom. The highest BCUT2D eigenvalue weighted by molar-refractivity contribution is 6.04. The molecule has 1 aromatic heterocycles.